The Morgan fingerprint density at radius 2 is 1.67 bits per heavy atom. The number of amides is 3. The van der Waals surface area contributed by atoms with Crippen molar-refractivity contribution in [2.45, 2.75) is 25.6 Å². The molecule has 0 radical (unpaired) electrons. The number of carbonyl (C=O) groups excluding carboxylic acids is 3. The molecule has 0 saturated heterocycles. The smallest absolute Gasteiger partial charge is 0.251 e. The molecule has 9 heteroatoms. The summed E-state index contributed by atoms with van der Waals surface area (Å²) in [5.74, 6) is -1.76. The minimum atomic E-state index is -3.39. The van der Waals surface area contributed by atoms with Crippen LogP contribution in [0.25, 0.3) is 0 Å². The van der Waals surface area contributed by atoms with E-state index in [1.165, 1.54) is 0 Å². The fourth-order valence-electron chi connectivity index (χ4n) is 2.71. The second-order valence-electron chi connectivity index (χ2n) is 6.95. The van der Waals surface area contributed by atoms with E-state index in [1.54, 1.807) is 36.4 Å². The number of rotatable bonds is 10. The first kappa shape index (κ1) is 23.1. The standard InChI is InChI=1S/C21H25N3O5S/c1-15-3-2-4-17(11-15)14-30(28,29)10-9-20(26)23-12-16-5-7-18(8-6-16)21(27)24-13-19(22)25/h2-8,11H,9-10,12-14H2,1H3,(H2,22,25)(H,23,26)(H,24,27). The monoisotopic (exact) mass is 431 g/mol. The van der Waals surface area contributed by atoms with Gasteiger partial charge in [-0.3, -0.25) is 14.4 Å². The summed E-state index contributed by atoms with van der Waals surface area (Å²) in [6.07, 6.45) is -0.123. The number of carbonyl (C=O) groups is 3. The molecule has 0 aliphatic rings. The van der Waals surface area contributed by atoms with Gasteiger partial charge in [0.15, 0.2) is 9.84 Å². The minimum absolute atomic E-state index is 0.0960. The number of nitrogens with one attached hydrogen (secondary N) is 2. The normalized spacial score (nSPS) is 11.0. The Morgan fingerprint density at radius 1 is 0.967 bits per heavy atom. The fourth-order valence-corrected chi connectivity index (χ4v) is 4.04. The lowest BCUT2D eigenvalue weighted by Gasteiger charge is -2.08. The topological polar surface area (TPSA) is 135 Å². The zero-order valence-electron chi connectivity index (χ0n) is 16.7. The zero-order valence-corrected chi connectivity index (χ0v) is 17.5. The number of sulfone groups is 1. The van der Waals surface area contributed by atoms with Crippen LogP contribution in [0.3, 0.4) is 0 Å². The molecule has 30 heavy (non-hydrogen) atoms. The molecule has 0 heterocycles. The molecule has 0 aliphatic heterocycles. The van der Waals surface area contributed by atoms with E-state index in [4.69, 9.17) is 5.73 Å². The quantitative estimate of drug-likeness (QED) is 0.512. The van der Waals surface area contributed by atoms with E-state index in [0.29, 0.717) is 11.1 Å². The minimum Gasteiger partial charge on any atom is -0.368 e. The SMILES string of the molecule is Cc1cccc(CS(=O)(=O)CCC(=O)NCc2ccc(C(=O)NCC(N)=O)cc2)c1. The van der Waals surface area contributed by atoms with Crippen molar-refractivity contribution < 1.29 is 22.8 Å². The number of hydrogen-bond acceptors (Lipinski definition) is 5. The van der Waals surface area contributed by atoms with Gasteiger partial charge in [0.1, 0.15) is 0 Å². The highest BCUT2D eigenvalue weighted by Gasteiger charge is 2.15. The molecule has 2 aromatic rings. The summed E-state index contributed by atoms with van der Waals surface area (Å²) >= 11 is 0. The van der Waals surface area contributed by atoms with Crippen molar-refractivity contribution >= 4 is 27.6 Å². The summed E-state index contributed by atoms with van der Waals surface area (Å²) in [5, 5.41) is 5.05. The molecular formula is C21H25N3O5S. The molecule has 8 nitrogen and oxygen atoms in total. The van der Waals surface area contributed by atoms with Crippen molar-refractivity contribution in [2.75, 3.05) is 12.3 Å². The van der Waals surface area contributed by atoms with Crippen LogP contribution in [0, 0.1) is 6.92 Å². The van der Waals surface area contributed by atoms with E-state index in [0.717, 1.165) is 11.1 Å². The molecule has 0 bridgehead atoms. The van der Waals surface area contributed by atoms with Gasteiger partial charge in [-0.25, -0.2) is 8.42 Å². The van der Waals surface area contributed by atoms with Crippen LogP contribution in [-0.2, 0) is 31.7 Å². The summed E-state index contributed by atoms with van der Waals surface area (Å²) in [7, 11) is -3.39. The second-order valence-corrected chi connectivity index (χ2v) is 9.14. The molecule has 160 valence electrons. The van der Waals surface area contributed by atoms with Gasteiger partial charge >= 0.3 is 0 Å². The Balaban J connectivity index is 1.78. The number of primary amides is 1. The highest BCUT2D eigenvalue weighted by molar-refractivity contribution is 7.90. The highest BCUT2D eigenvalue weighted by Crippen LogP contribution is 2.10. The van der Waals surface area contributed by atoms with Crippen LogP contribution in [0.2, 0.25) is 0 Å². The molecular weight excluding hydrogens is 406 g/mol. The van der Waals surface area contributed by atoms with E-state index >= 15 is 0 Å². The fraction of sp³-hybridized carbons (Fsp3) is 0.286. The molecule has 0 aromatic heterocycles. The molecule has 3 amide bonds. The average molecular weight is 432 g/mol. The third-order valence-electron chi connectivity index (χ3n) is 4.24. The Bertz CT molecular complexity index is 1020. The third kappa shape index (κ3) is 8.04. The maximum Gasteiger partial charge on any atom is 0.251 e. The van der Waals surface area contributed by atoms with Crippen LogP contribution in [-0.4, -0.2) is 38.4 Å². The van der Waals surface area contributed by atoms with Gasteiger partial charge in [0.05, 0.1) is 18.1 Å². The van der Waals surface area contributed by atoms with E-state index in [9.17, 15) is 22.8 Å². The predicted octanol–water partition coefficient (Wildman–Crippen LogP) is 0.831. The van der Waals surface area contributed by atoms with Gasteiger partial charge in [-0.05, 0) is 30.2 Å². The lowest BCUT2D eigenvalue weighted by Crippen LogP contribution is -2.33. The molecule has 2 aromatic carbocycles. The Morgan fingerprint density at radius 3 is 2.30 bits per heavy atom. The van der Waals surface area contributed by atoms with Crippen LogP contribution in [0.1, 0.15) is 33.5 Å². The van der Waals surface area contributed by atoms with Crippen molar-refractivity contribution in [1.29, 1.82) is 0 Å². The summed E-state index contributed by atoms with van der Waals surface area (Å²) in [6, 6.07) is 13.7. The van der Waals surface area contributed by atoms with Crippen LogP contribution in [0.15, 0.2) is 48.5 Å². The van der Waals surface area contributed by atoms with E-state index in [2.05, 4.69) is 10.6 Å². The molecule has 0 atom stereocenters. The Hall–Kier alpha value is -3.20. The van der Waals surface area contributed by atoms with Crippen LogP contribution < -0.4 is 16.4 Å². The van der Waals surface area contributed by atoms with E-state index in [-0.39, 0.29) is 36.9 Å². The van der Waals surface area contributed by atoms with Gasteiger partial charge in [0.25, 0.3) is 5.91 Å². The second kappa shape index (κ2) is 10.5. The largest absolute Gasteiger partial charge is 0.368 e. The summed E-state index contributed by atoms with van der Waals surface area (Å²) in [5.41, 5.74) is 7.77. The van der Waals surface area contributed by atoms with Crippen LogP contribution in [0.4, 0.5) is 0 Å². The number of nitrogens with two attached hydrogens (primary N) is 1. The van der Waals surface area contributed by atoms with Crippen molar-refractivity contribution in [3.05, 3.63) is 70.8 Å². The summed E-state index contributed by atoms with van der Waals surface area (Å²) in [6.45, 7) is 1.85. The van der Waals surface area contributed by atoms with Gasteiger partial charge < -0.3 is 16.4 Å². The maximum atomic E-state index is 12.2. The predicted molar refractivity (Wildman–Crippen MR) is 113 cm³/mol. The molecule has 0 unspecified atom stereocenters. The summed E-state index contributed by atoms with van der Waals surface area (Å²) < 4.78 is 24.5. The molecule has 4 N–H and O–H groups in total. The maximum absolute atomic E-state index is 12.2. The summed E-state index contributed by atoms with van der Waals surface area (Å²) in [4.78, 5) is 34.5. The molecule has 0 fully saturated rings. The van der Waals surface area contributed by atoms with Gasteiger partial charge in [-0.2, -0.15) is 0 Å². The van der Waals surface area contributed by atoms with Gasteiger partial charge in [0.2, 0.25) is 11.8 Å². The first-order valence-corrected chi connectivity index (χ1v) is 11.1. The third-order valence-corrected chi connectivity index (χ3v) is 5.84. The van der Waals surface area contributed by atoms with E-state index in [1.807, 2.05) is 19.1 Å². The van der Waals surface area contributed by atoms with Crippen molar-refractivity contribution in [1.82, 2.24) is 10.6 Å². The number of aryl methyl sites for hydroxylation is 1. The molecule has 0 aliphatic carbocycles. The van der Waals surface area contributed by atoms with Crippen molar-refractivity contribution in [3.8, 4) is 0 Å². The number of benzene rings is 2. The average Bonchev–Trinajstić information content (AvgIpc) is 2.69. The van der Waals surface area contributed by atoms with Gasteiger partial charge in [0, 0.05) is 18.5 Å². The zero-order chi connectivity index (χ0) is 22.1. The van der Waals surface area contributed by atoms with Crippen LogP contribution in [0.5, 0.6) is 0 Å². The lowest BCUT2D eigenvalue weighted by atomic mass is 10.1. The van der Waals surface area contributed by atoms with E-state index < -0.39 is 21.7 Å². The van der Waals surface area contributed by atoms with Gasteiger partial charge in [-0.1, -0.05) is 42.0 Å². The highest BCUT2D eigenvalue weighted by atomic mass is 32.2. The molecule has 0 spiro atoms. The van der Waals surface area contributed by atoms with Gasteiger partial charge in [-0.15, -0.1) is 0 Å². The first-order valence-electron chi connectivity index (χ1n) is 9.33. The lowest BCUT2D eigenvalue weighted by molar-refractivity contribution is -0.121. The Kier molecular flexibility index (Phi) is 8.11. The molecule has 2 rings (SSSR count). The van der Waals surface area contributed by atoms with Crippen molar-refractivity contribution in [2.24, 2.45) is 5.73 Å². The molecule has 0 saturated carbocycles. The van der Waals surface area contributed by atoms with Crippen molar-refractivity contribution in [3.63, 3.8) is 0 Å². The Labute approximate surface area is 175 Å². The van der Waals surface area contributed by atoms with Crippen LogP contribution >= 0.6 is 0 Å². The number of hydrogen-bond donors (Lipinski definition) is 3. The first-order chi connectivity index (χ1) is 14.1.